The van der Waals surface area contributed by atoms with Gasteiger partial charge in [0.1, 0.15) is 5.01 Å². The van der Waals surface area contributed by atoms with E-state index in [-0.39, 0.29) is 17.8 Å². The fraction of sp³-hybridized carbons (Fsp3) is 0.769. The zero-order chi connectivity index (χ0) is 12.5. The quantitative estimate of drug-likeness (QED) is 0.910. The van der Waals surface area contributed by atoms with Crippen LogP contribution in [0.15, 0.2) is 5.38 Å². The molecule has 0 aromatic carbocycles. The largest absolute Gasteiger partial charge is 0.328 e. The molecule has 0 saturated carbocycles. The van der Waals surface area contributed by atoms with Crippen molar-refractivity contribution in [3.05, 3.63) is 16.1 Å². The van der Waals surface area contributed by atoms with Gasteiger partial charge in [-0.3, -0.25) is 4.90 Å². The Labute approximate surface area is 120 Å². The second-order valence-electron chi connectivity index (χ2n) is 5.99. The van der Waals surface area contributed by atoms with E-state index in [1.807, 2.05) is 0 Å². The SMILES string of the molecule is CC(C)(C)c1csc(CN2CCC(N)CC2)n1.Cl. The van der Waals surface area contributed by atoms with Gasteiger partial charge in [0, 0.05) is 29.9 Å². The summed E-state index contributed by atoms with van der Waals surface area (Å²) in [6, 6.07) is 0.410. The minimum absolute atomic E-state index is 0. The highest BCUT2D eigenvalue weighted by molar-refractivity contribution is 7.09. The summed E-state index contributed by atoms with van der Waals surface area (Å²) in [4.78, 5) is 7.21. The molecule has 3 nitrogen and oxygen atoms in total. The number of halogens is 1. The summed E-state index contributed by atoms with van der Waals surface area (Å²) in [5.74, 6) is 0. The Morgan fingerprint density at radius 2 is 2.00 bits per heavy atom. The number of nitrogens with zero attached hydrogens (tertiary/aromatic N) is 2. The molecule has 0 atom stereocenters. The van der Waals surface area contributed by atoms with Crippen molar-refractivity contribution >= 4 is 23.7 Å². The van der Waals surface area contributed by atoms with Crippen LogP contribution in [0.25, 0.3) is 0 Å². The molecular formula is C13H24ClN3S. The van der Waals surface area contributed by atoms with Gasteiger partial charge >= 0.3 is 0 Å². The van der Waals surface area contributed by atoms with Gasteiger partial charge in [-0.2, -0.15) is 0 Å². The molecule has 1 aromatic rings. The summed E-state index contributed by atoms with van der Waals surface area (Å²) in [6.07, 6.45) is 2.25. The lowest BCUT2D eigenvalue weighted by Gasteiger charge is -2.29. The van der Waals surface area contributed by atoms with Crippen molar-refractivity contribution in [3.8, 4) is 0 Å². The number of hydrogen-bond acceptors (Lipinski definition) is 4. The third kappa shape index (κ3) is 4.19. The molecule has 18 heavy (non-hydrogen) atoms. The molecule has 0 aliphatic carbocycles. The molecule has 0 spiro atoms. The third-order valence-corrected chi connectivity index (χ3v) is 4.14. The van der Waals surface area contributed by atoms with E-state index >= 15 is 0 Å². The van der Waals surface area contributed by atoms with Crippen molar-refractivity contribution in [2.24, 2.45) is 5.73 Å². The highest BCUT2D eigenvalue weighted by Gasteiger charge is 2.20. The molecule has 5 heteroatoms. The highest BCUT2D eigenvalue weighted by atomic mass is 35.5. The highest BCUT2D eigenvalue weighted by Crippen LogP contribution is 2.25. The topological polar surface area (TPSA) is 42.1 Å². The standard InChI is InChI=1S/C13H23N3S.ClH/c1-13(2,3)11-9-17-12(15-11)8-16-6-4-10(14)5-7-16;/h9-10H,4-8,14H2,1-3H3;1H. The Balaban J connectivity index is 0.00000162. The van der Waals surface area contributed by atoms with Crippen molar-refractivity contribution in [2.75, 3.05) is 13.1 Å². The van der Waals surface area contributed by atoms with Crippen LogP contribution in [0.5, 0.6) is 0 Å². The van der Waals surface area contributed by atoms with Crippen molar-refractivity contribution < 1.29 is 0 Å². The van der Waals surface area contributed by atoms with Gasteiger partial charge in [-0.05, 0) is 12.8 Å². The zero-order valence-electron chi connectivity index (χ0n) is 11.5. The smallest absolute Gasteiger partial charge is 0.107 e. The van der Waals surface area contributed by atoms with Crippen LogP contribution in [0.3, 0.4) is 0 Å². The predicted octanol–water partition coefficient (Wildman–Crippen LogP) is 2.79. The number of hydrogen-bond donors (Lipinski definition) is 1. The van der Waals surface area contributed by atoms with E-state index in [0.717, 1.165) is 32.5 Å². The maximum Gasteiger partial charge on any atom is 0.107 e. The molecule has 2 N–H and O–H groups in total. The molecule has 1 aliphatic heterocycles. The predicted molar refractivity (Wildman–Crippen MR) is 80.5 cm³/mol. The van der Waals surface area contributed by atoms with E-state index in [4.69, 9.17) is 10.7 Å². The van der Waals surface area contributed by atoms with Crippen LogP contribution in [0, 0.1) is 0 Å². The van der Waals surface area contributed by atoms with E-state index in [2.05, 4.69) is 31.1 Å². The number of aromatic nitrogens is 1. The summed E-state index contributed by atoms with van der Waals surface area (Å²) < 4.78 is 0. The van der Waals surface area contributed by atoms with Gasteiger partial charge in [0.15, 0.2) is 0 Å². The van der Waals surface area contributed by atoms with Crippen molar-refractivity contribution in [3.63, 3.8) is 0 Å². The van der Waals surface area contributed by atoms with Crippen LogP contribution in [-0.2, 0) is 12.0 Å². The number of rotatable bonds is 2. The molecular weight excluding hydrogens is 266 g/mol. The Kier molecular flexibility index (Phi) is 5.59. The first-order chi connectivity index (χ1) is 7.95. The van der Waals surface area contributed by atoms with Crippen LogP contribution < -0.4 is 5.73 Å². The molecule has 1 fully saturated rings. The van der Waals surface area contributed by atoms with E-state index < -0.39 is 0 Å². The number of nitrogens with two attached hydrogens (primary N) is 1. The second-order valence-corrected chi connectivity index (χ2v) is 6.93. The van der Waals surface area contributed by atoms with Crippen molar-refractivity contribution in [2.45, 2.75) is 51.6 Å². The van der Waals surface area contributed by atoms with Crippen molar-refractivity contribution in [1.29, 1.82) is 0 Å². The van der Waals surface area contributed by atoms with Crippen molar-refractivity contribution in [1.82, 2.24) is 9.88 Å². The van der Waals surface area contributed by atoms with Gasteiger partial charge < -0.3 is 5.73 Å². The van der Waals surface area contributed by atoms with Gasteiger partial charge in [-0.1, -0.05) is 20.8 Å². The maximum atomic E-state index is 5.91. The van der Waals surface area contributed by atoms with Crippen LogP contribution in [0.2, 0.25) is 0 Å². The van der Waals surface area contributed by atoms with Gasteiger partial charge in [0.25, 0.3) is 0 Å². The Morgan fingerprint density at radius 1 is 1.39 bits per heavy atom. The molecule has 0 amide bonds. The molecule has 1 aromatic heterocycles. The lowest BCUT2D eigenvalue weighted by molar-refractivity contribution is 0.205. The maximum absolute atomic E-state index is 5.91. The molecule has 0 radical (unpaired) electrons. The first-order valence-corrected chi connectivity index (χ1v) is 7.26. The number of piperidine rings is 1. The molecule has 2 rings (SSSR count). The Morgan fingerprint density at radius 3 is 2.50 bits per heavy atom. The van der Waals surface area contributed by atoms with E-state index in [0.29, 0.717) is 6.04 Å². The monoisotopic (exact) mass is 289 g/mol. The van der Waals surface area contributed by atoms with Crippen LogP contribution in [0.1, 0.15) is 44.3 Å². The summed E-state index contributed by atoms with van der Waals surface area (Å²) >= 11 is 1.79. The first kappa shape index (κ1) is 15.9. The molecule has 0 unspecified atom stereocenters. The van der Waals surface area contributed by atoms with Gasteiger partial charge in [0.05, 0.1) is 12.2 Å². The molecule has 1 saturated heterocycles. The second kappa shape index (κ2) is 6.33. The number of likely N-dealkylation sites (tertiary alicyclic amines) is 1. The lowest BCUT2D eigenvalue weighted by atomic mass is 9.93. The minimum atomic E-state index is 0. The molecule has 104 valence electrons. The normalized spacial score (nSPS) is 18.7. The molecule has 0 bridgehead atoms. The van der Waals surface area contributed by atoms with E-state index in [1.54, 1.807) is 11.3 Å². The Bertz CT molecular complexity index is 365. The van der Waals surface area contributed by atoms with Crippen LogP contribution >= 0.6 is 23.7 Å². The average Bonchev–Trinajstić information content (AvgIpc) is 2.69. The molecule has 2 heterocycles. The fourth-order valence-corrected chi connectivity index (χ4v) is 3.09. The average molecular weight is 290 g/mol. The summed E-state index contributed by atoms with van der Waals surface area (Å²) in [7, 11) is 0. The first-order valence-electron chi connectivity index (χ1n) is 6.38. The Hall–Kier alpha value is -0.160. The van der Waals surface area contributed by atoms with Gasteiger partial charge in [-0.15, -0.1) is 23.7 Å². The minimum Gasteiger partial charge on any atom is -0.328 e. The summed E-state index contributed by atoms with van der Waals surface area (Å²) in [5, 5.41) is 3.44. The zero-order valence-corrected chi connectivity index (χ0v) is 13.1. The number of thiazole rings is 1. The summed E-state index contributed by atoms with van der Waals surface area (Å²) in [5.41, 5.74) is 7.29. The van der Waals surface area contributed by atoms with E-state index in [9.17, 15) is 0 Å². The van der Waals surface area contributed by atoms with Gasteiger partial charge in [-0.25, -0.2) is 4.98 Å². The van der Waals surface area contributed by atoms with Crippen LogP contribution in [0.4, 0.5) is 0 Å². The van der Waals surface area contributed by atoms with Crippen LogP contribution in [-0.4, -0.2) is 29.0 Å². The third-order valence-electron chi connectivity index (χ3n) is 3.31. The van der Waals surface area contributed by atoms with E-state index in [1.165, 1.54) is 10.7 Å². The van der Waals surface area contributed by atoms with Gasteiger partial charge in [0.2, 0.25) is 0 Å². The lowest BCUT2D eigenvalue weighted by Crippen LogP contribution is -2.39. The fourth-order valence-electron chi connectivity index (χ4n) is 2.03. The summed E-state index contributed by atoms with van der Waals surface area (Å²) in [6.45, 7) is 9.87. The molecule has 1 aliphatic rings.